The Kier molecular flexibility index (Phi) is 5.48. The van der Waals surface area contributed by atoms with Crippen LogP contribution in [0, 0.1) is 5.92 Å². The van der Waals surface area contributed by atoms with Crippen molar-refractivity contribution < 1.29 is 9.59 Å². The van der Waals surface area contributed by atoms with Gasteiger partial charge in [0.05, 0.1) is 6.04 Å². The molecule has 1 aliphatic rings. The molecule has 1 aromatic heterocycles. The van der Waals surface area contributed by atoms with E-state index in [1.807, 2.05) is 0 Å². The zero-order valence-corrected chi connectivity index (χ0v) is 13.1. The average molecular weight is 323 g/mol. The quantitative estimate of drug-likeness (QED) is 0.408. The molecule has 2 unspecified atom stereocenters. The number of aliphatic imine (C=N–C) groups is 1. The van der Waals surface area contributed by atoms with Gasteiger partial charge in [0.15, 0.2) is 16.8 Å². The Morgan fingerprint density at radius 3 is 2.64 bits per heavy atom. The van der Waals surface area contributed by atoms with Gasteiger partial charge in [-0.25, -0.2) is 4.98 Å². The third-order valence-electron chi connectivity index (χ3n) is 3.92. The standard InChI is InChI=1S/C14H21N5O2S/c15-12(21)10-7-22-13(18-10)11(20)6-5-8-3-1-2-4-9(8)19-14(16)17/h7-9H,1-6H2,(H2,15,21)(H4,16,17,19). The van der Waals surface area contributed by atoms with E-state index in [1.165, 1.54) is 5.38 Å². The minimum Gasteiger partial charge on any atom is -0.370 e. The maximum atomic E-state index is 12.2. The molecule has 0 bridgehead atoms. The fraction of sp³-hybridized carbons (Fsp3) is 0.571. The van der Waals surface area contributed by atoms with E-state index >= 15 is 0 Å². The van der Waals surface area contributed by atoms with E-state index < -0.39 is 5.91 Å². The van der Waals surface area contributed by atoms with Crippen molar-refractivity contribution in [2.45, 2.75) is 44.6 Å². The molecule has 120 valence electrons. The number of hydrogen-bond acceptors (Lipinski definition) is 5. The lowest BCUT2D eigenvalue weighted by molar-refractivity contribution is 0.0967. The predicted molar refractivity (Wildman–Crippen MR) is 85.8 cm³/mol. The summed E-state index contributed by atoms with van der Waals surface area (Å²) >= 11 is 1.15. The highest BCUT2D eigenvalue weighted by Gasteiger charge is 2.26. The average Bonchev–Trinajstić information content (AvgIpc) is 2.95. The number of ketones is 1. The molecule has 22 heavy (non-hydrogen) atoms. The third-order valence-corrected chi connectivity index (χ3v) is 4.80. The first-order chi connectivity index (χ1) is 10.5. The minimum atomic E-state index is -0.615. The highest BCUT2D eigenvalue weighted by molar-refractivity contribution is 7.11. The number of primary amides is 1. The molecular formula is C14H21N5O2S. The van der Waals surface area contributed by atoms with E-state index in [0.29, 0.717) is 17.3 Å². The summed E-state index contributed by atoms with van der Waals surface area (Å²) in [6.07, 6.45) is 5.34. The number of carbonyl (C=O) groups excluding carboxylic acids is 2. The Morgan fingerprint density at radius 2 is 2.00 bits per heavy atom. The molecule has 1 fully saturated rings. The summed E-state index contributed by atoms with van der Waals surface area (Å²) in [7, 11) is 0. The highest BCUT2D eigenvalue weighted by Crippen LogP contribution is 2.31. The molecule has 0 saturated heterocycles. The fourth-order valence-electron chi connectivity index (χ4n) is 2.82. The van der Waals surface area contributed by atoms with Crippen molar-refractivity contribution in [3.8, 4) is 0 Å². The number of amides is 1. The smallest absolute Gasteiger partial charge is 0.268 e. The Balaban J connectivity index is 1.93. The van der Waals surface area contributed by atoms with E-state index in [1.54, 1.807) is 0 Å². The molecule has 2 rings (SSSR count). The highest BCUT2D eigenvalue weighted by atomic mass is 32.1. The lowest BCUT2D eigenvalue weighted by atomic mass is 9.81. The van der Waals surface area contributed by atoms with Crippen LogP contribution in [0.2, 0.25) is 0 Å². The molecule has 8 heteroatoms. The van der Waals surface area contributed by atoms with Crippen molar-refractivity contribution >= 4 is 29.0 Å². The van der Waals surface area contributed by atoms with Gasteiger partial charge in [0.1, 0.15) is 5.69 Å². The van der Waals surface area contributed by atoms with Crippen LogP contribution in [0.25, 0.3) is 0 Å². The molecule has 0 radical (unpaired) electrons. The second kappa shape index (κ2) is 7.35. The van der Waals surface area contributed by atoms with Gasteiger partial charge < -0.3 is 17.2 Å². The first kappa shape index (κ1) is 16.4. The number of nitrogens with zero attached hydrogens (tertiary/aromatic N) is 2. The van der Waals surface area contributed by atoms with E-state index in [0.717, 1.165) is 43.4 Å². The van der Waals surface area contributed by atoms with Crippen LogP contribution in [0.5, 0.6) is 0 Å². The van der Waals surface area contributed by atoms with Crippen molar-refractivity contribution in [2.75, 3.05) is 0 Å². The van der Waals surface area contributed by atoms with Crippen molar-refractivity contribution in [1.29, 1.82) is 0 Å². The minimum absolute atomic E-state index is 0.0634. The molecule has 1 saturated carbocycles. The molecule has 7 nitrogen and oxygen atoms in total. The largest absolute Gasteiger partial charge is 0.370 e. The first-order valence-electron chi connectivity index (χ1n) is 7.34. The lowest BCUT2D eigenvalue weighted by Gasteiger charge is -2.28. The lowest BCUT2D eigenvalue weighted by Crippen LogP contribution is -2.30. The van der Waals surface area contributed by atoms with E-state index in [4.69, 9.17) is 17.2 Å². The topological polar surface area (TPSA) is 137 Å². The Bertz CT molecular complexity index is 580. The SMILES string of the molecule is NC(=O)c1csc(C(=O)CCC2CCCCC2N=C(N)N)n1. The van der Waals surface area contributed by atoms with Gasteiger partial charge >= 0.3 is 0 Å². The second-order valence-corrected chi connectivity index (χ2v) is 6.39. The maximum Gasteiger partial charge on any atom is 0.268 e. The molecule has 0 spiro atoms. The number of Topliss-reactive ketones (excluding diaryl/α,β-unsaturated/α-hetero) is 1. The molecule has 0 aliphatic heterocycles. The van der Waals surface area contributed by atoms with Gasteiger partial charge in [-0.2, -0.15) is 0 Å². The van der Waals surface area contributed by atoms with E-state index in [2.05, 4.69) is 9.98 Å². The van der Waals surface area contributed by atoms with E-state index in [9.17, 15) is 9.59 Å². The number of rotatable bonds is 6. The normalized spacial score (nSPS) is 21.3. The van der Waals surface area contributed by atoms with Gasteiger partial charge in [-0.3, -0.25) is 14.6 Å². The summed E-state index contributed by atoms with van der Waals surface area (Å²) in [5, 5.41) is 1.85. The molecule has 6 N–H and O–H groups in total. The van der Waals surface area contributed by atoms with Crippen LogP contribution in [0.1, 0.15) is 58.8 Å². The van der Waals surface area contributed by atoms with Crippen LogP contribution < -0.4 is 17.2 Å². The van der Waals surface area contributed by atoms with Gasteiger partial charge in [0.25, 0.3) is 5.91 Å². The van der Waals surface area contributed by atoms with Crippen molar-refractivity contribution in [3.63, 3.8) is 0 Å². The zero-order chi connectivity index (χ0) is 16.1. The monoisotopic (exact) mass is 323 g/mol. The summed E-state index contributed by atoms with van der Waals surface area (Å²) in [4.78, 5) is 31.4. The van der Waals surface area contributed by atoms with Crippen LogP contribution in [-0.2, 0) is 0 Å². The summed E-state index contributed by atoms with van der Waals surface area (Å²) < 4.78 is 0. The second-order valence-electron chi connectivity index (χ2n) is 5.53. The molecule has 2 atom stereocenters. The van der Waals surface area contributed by atoms with Crippen LogP contribution in [0.4, 0.5) is 0 Å². The van der Waals surface area contributed by atoms with Crippen LogP contribution >= 0.6 is 11.3 Å². The predicted octanol–water partition coefficient (Wildman–Crippen LogP) is 1.04. The molecule has 0 aromatic carbocycles. The Morgan fingerprint density at radius 1 is 1.27 bits per heavy atom. The number of aromatic nitrogens is 1. The van der Waals surface area contributed by atoms with Crippen molar-refractivity contribution in [3.05, 3.63) is 16.1 Å². The zero-order valence-electron chi connectivity index (χ0n) is 12.3. The summed E-state index contributed by atoms with van der Waals surface area (Å²) in [6.45, 7) is 0. The number of guanidine groups is 1. The summed E-state index contributed by atoms with van der Waals surface area (Å²) in [6, 6.07) is 0.101. The van der Waals surface area contributed by atoms with Gasteiger partial charge in [-0.1, -0.05) is 12.8 Å². The number of hydrogen-bond donors (Lipinski definition) is 3. The first-order valence-corrected chi connectivity index (χ1v) is 8.22. The van der Waals surface area contributed by atoms with Crippen LogP contribution in [0.15, 0.2) is 10.4 Å². The Labute approximate surface area is 133 Å². The Hall–Kier alpha value is -1.96. The number of carbonyl (C=O) groups is 2. The molecule has 1 amide bonds. The number of nitrogens with two attached hydrogens (primary N) is 3. The summed E-state index contributed by atoms with van der Waals surface area (Å²) in [5.74, 6) is -0.258. The van der Waals surface area contributed by atoms with Crippen molar-refractivity contribution in [2.24, 2.45) is 28.1 Å². The fourth-order valence-corrected chi connectivity index (χ4v) is 3.60. The molecule has 1 aliphatic carbocycles. The third kappa shape index (κ3) is 4.27. The summed E-state index contributed by atoms with van der Waals surface area (Å²) in [5.41, 5.74) is 16.2. The van der Waals surface area contributed by atoms with Gasteiger partial charge in [-0.05, 0) is 25.2 Å². The molecular weight excluding hydrogens is 302 g/mol. The maximum absolute atomic E-state index is 12.2. The molecule has 1 aromatic rings. The molecule has 1 heterocycles. The van der Waals surface area contributed by atoms with Crippen LogP contribution in [0.3, 0.4) is 0 Å². The van der Waals surface area contributed by atoms with E-state index in [-0.39, 0.29) is 23.5 Å². The van der Waals surface area contributed by atoms with Gasteiger partial charge in [0, 0.05) is 11.8 Å². The van der Waals surface area contributed by atoms with Crippen LogP contribution in [-0.4, -0.2) is 28.7 Å². The van der Waals surface area contributed by atoms with Crippen molar-refractivity contribution in [1.82, 2.24) is 4.98 Å². The number of thiazole rings is 1. The van der Waals surface area contributed by atoms with Gasteiger partial charge in [-0.15, -0.1) is 11.3 Å². The van der Waals surface area contributed by atoms with Gasteiger partial charge in [0.2, 0.25) is 0 Å².